The molecule has 0 saturated heterocycles. The van der Waals surface area contributed by atoms with Gasteiger partial charge in [-0.1, -0.05) is 48.5 Å². The third-order valence-electron chi connectivity index (χ3n) is 4.36. The lowest BCUT2D eigenvalue weighted by Gasteiger charge is -2.17. The van der Waals surface area contributed by atoms with Gasteiger partial charge in [0.15, 0.2) is 6.61 Å². The van der Waals surface area contributed by atoms with Crippen LogP contribution in [0.4, 0.5) is 5.69 Å². The van der Waals surface area contributed by atoms with Crippen LogP contribution in [0.5, 0.6) is 5.75 Å². The van der Waals surface area contributed by atoms with E-state index in [4.69, 9.17) is 4.74 Å². The summed E-state index contributed by atoms with van der Waals surface area (Å²) < 4.78 is 5.63. The first-order valence-electron chi connectivity index (χ1n) is 8.34. The highest BCUT2D eigenvalue weighted by molar-refractivity contribution is 5.96. The fraction of sp³-hybridized carbons (Fsp3) is 0.143. The van der Waals surface area contributed by atoms with Gasteiger partial charge in [0.1, 0.15) is 5.75 Å². The van der Waals surface area contributed by atoms with E-state index >= 15 is 0 Å². The van der Waals surface area contributed by atoms with E-state index in [1.54, 1.807) is 11.1 Å². The van der Waals surface area contributed by atoms with Crippen LogP contribution in [-0.4, -0.2) is 24.0 Å². The van der Waals surface area contributed by atoms with Crippen molar-refractivity contribution in [1.82, 2.24) is 4.98 Å². The minimum Gasteiger partial charge on any atom is -0.482 e. The molecule has 0 N–H and O–H groups in total. The third kappa shape index (κ3) is 3.24. The molecule has 2 heterocycles. The molecule has 4 rings (SSSR count). The van der Waals surface area contributed by atoms with Crippen molar-refractivity contribution < 1.29 is 9.53 Å². The molecule has 0 fully saturated rings. The number of carbonyl (C=O) groups is 1. The zero-order chi connectivity index (χ0) is 17.1. The van der Waals surface area contributed by atoms with E-state index in [9.17, 15) is 4.79 Å². The van der Waals surface area contributed by atoms with Crippen molar-refractivity contribution in [2.24, 2.45) is 0 Å². The maximum Gasteiger partial charge on any atom is 0.264 e. The van der Waals surface area contributed by atoms with E-state index in [-0.39, 0.29) is 12.5 Å². The average Bonchev–Trinajstić information content (AvgIpc) is 3.11. The van der Waals surface area contributed by atoms with E-state index in [1.165, 1.54) is 5.56 Å². The van der Waals surface area contributed by atoms with Gasteiger partial charge >= 0.3 is 0 Å². The zero-order valence-electron chi connectivity index (χ0n) is 13.8. The number of carbonyl (C=O) groups excluding carboxylic acids is 1. The van der Waals surface area contributed by atoms with Crippen molar-refractivity contribution in [2.45, 2.75) is 6.42 Å². The molecule has 2 aromatic carbocycles. The number of para-hydroxylation sites is 1. The largest absolute Gasteiger partial charge is 0.482 e. The summed E-state index contributed by atoms with van der Waals surface area (Å²) >= 11 is 0. The van der Waals surface area contributed by atoms with E-state index in [2.05, 4.69) is 11.1 Å². The summed E-state index contributed by atoms with van der Waals surface area (Å²) in [5.74, 6) is 0.567. The van der Waals surface area contributed by atoms with Gasteiger partial charge in [-0.2, -0.15) is 0 Å². The Morgan fingerprint density at radius 3 is 2.60 bits per heavy atom. The number of benzene rings is 2. The first kappa shape index (κ1) is 15.4. The summed E-state index contributed by atoms with van der Waals surface area (Å²) in [6, 6.07) is 21.7. The molecule has 0 spiro atoms. The predicted molar refractivity (Wildman–Crippen MR) is 97.7 cm³/mol. The van der Waals surface area contributed by atoms with Crippen molar-refractivity contribution >= 4 is 11.6 Å². The monoisotopic (exact) mass is 330 g/mol. The van der Waals surface area contributed by atoms with Gasteiger partial charge in [-0.3, -0.25) is 9.78 Å². The Kier molecular flexibility index (Phi) is 4.17. The second-order valence-electron chi connectivity index (χ2n) is 5.96. The van der Waals surface area contributed by atoms with Gasteiger partial charge in [-0.15, -0.1) is 0 Å². The molecular formula is C21H18N2O2. The molecule has 4 heteroatoms. The number of amides is 1. The van der Waals surface area contributed by atoms with Gasteiger partial charge < -0.3 is 9.64 Å². The number of aromatic nitrogens is 1. The van der Waals surface area contributed by atoms with Gasteiger partial charge in [0.2, 0.25) is 0 Å². The first-order valence-corrected chi connectivity index (χ1v) is 8.34. The SMILES string of the molecule is O=C(COc1ccc(-c2ccccc2)nc1)N1CCc2ccccc21. The number of hydrogen-bond acceptors (Lipinski definition) is 3. The highest BCUT2D eigenvalue weighted by Crippen LogP contribution is 2.27. The Labute approximate surface area is 146 Å². The molecule has 0 aliphatic carbocycles. The van der Waals surface area contributed by atoms with Crippen LogP contribution in [0.3, 0.4) is 0 Å². The van der Waals surface area contributed by atoms with E-state index in [0.717, 1.165) is 23.4 Å². The smallest absolute Gasteiger partial charge is 0.264 e. The highest BCUT2D eigenvalue weighted by Gasteiger charge is 2.24. The molecular weight excluding hydrogens is 312 g/mol. The quantitative estimate of drug-likeness (QED) is 0.732. The average molecular weight is 330 g/mol. The second kappa shape index (κ2) is 6.77. The van der Waals surface area contributed by atoms with Gasteiger partial charge in [0, 0.05) is 17.8 Å². The molecule has 0 unspecified atom stereocenters. The lowest BCUT2D eigenvalue weighted by atomic mass is 10.1. The van der Waals surface area contributed by atoms with Crippen molar-refractivity contribution in [3.63, 3.8) is 0 Å². The van der Waals surface area contributed by atoms with Crippen molar-refractivity contribution in [1.29, 1.82) is 0 Å². The second-order valence-corrected chi connectivity index (χ2v) is 5.96. The summed E-state index contributed by atoms with van der Waals surface area (Å²) in [5, 5.41) is 0. The van der Waals surface area contributed by atoms with Crippen LogP contribution in [0.2, 0.25) is 0 Å². The van der Waals surface area contributed by atoms with Crippen LogP contribution in [-0.2, 0) is 11.2 Å². The third-order valence-corrected chi connectivity index (χ3v) is 4.36. The number of rotatable bonds is 4. The van der Waals surface area contributed by atoms with Crippen molar-refractivity contribution in [2.75, 3.05) is 18.1 Å². The summed E-state index contributed by atoms with van der Waals surface area (Å²) in [6.07, 6.45) is 2.56. The Morgan fingerprint density at radius 1 is 1.00 bits per heavy atom. The van der Waals surface area contributed by atoms with E-state index < -0.39 is 0 Å². The molecule has 124 valence electrons. The van der Waals surface area contributed by atoms with Crippen LogP contribution in [0.1, 0.15) is 5.56 Å². The molecule has 1 aliphatic rings. The number of fused-ring (bicyclic) bond motifs is 1. The van der Waals surface area contributed by atoms with Gasteiger partial charge in [0.25, 0.3) is 5.91 Å². The fourth-order valence-electron chi connectivity index (χ4n) is 3.07. The van der Waals surface area contributed by atoms with Crippen molar-refractivity contribution in [3.8, 4) is 17.0 Å². The Balaban J connectivity index is 1.40. The molecule has 1 amide bonds. The maximum absolute atomic E-state index is 12.5. The summed E-state index contributed by atoms with van der Waals surface area (Å²) in [5.41, 5.74) is 4.14. The summed E-state index contributed by atoms with van der Waals surface area (Å²) in [7, 11) is 0. The highest BCUT2D eigenvalue weighted by atomic mass is 16.5. The normalized spacial score (nSPS) is 12.7. The molecule has 1 aliphatic heterocycles. The number of anilines is 1. The minimum atomic E-state index is -0.0305. The lowest BCUT2D eigenvalue weighted by molar-refractivity contribution is -0.120. The number of nitrogens with zero attached hydrogens (tertiary/aromatic N) is 2. The Hall–Kier alpha value is -3.14. The fourth-order valence-corrected chi connectivity index (χ4v) is 3.07. The first-order chi connectivity index (χ1) is 12.3. The predicted octanol–water partition coefficient (Wildman–Crippen LogP) is 3.72. The molecule has 3 aromatic rings. The standard InChI is InChI=1S/C21H18N2O2/c24-21(23-13-12-17-8-4-5-9-20(17)23)15-25-18-10-11-19(22-14-18)16-6-2-1-3-7-16/h1-11,14H,12-13,15H2. The van der Waals surface area contributed by atoms with Crippen LogP contribution in [0.25, 0.3) is 11.3 Å². The lowest BCUT2D eigenvalue weighted by Crippen LogP contribution is -2.33. The van der Waals surface area contributed by atoms with Gasteiger partial charge in [-0.25, -0.2) is 0 Å². The van der Waals surface area contributed by atoms with Gasteiger partial charge in [-0.05, 0) is 30.2 Å². The molecule has 4 nitrogen and oxygen atoms in total. The zero-order valence-corrected chi connectivity index (χ0v) is 13.8. The van der Waals surface area contributed by atoms with Crippen molar-refractivity contribution in [3.05, 3.63) is 78.5 Å². The summed E-state index contributed by atoms with van der Waals surface area (Å²) in [4.78, 5) is 18.7. The van der Waals surface area contributed by atoms with E-state index in [1.807, 2.05) is 60.7 Å². The molecule has 25 heavy (non-hydrogen) atoms. The molecule has 0 radical (unpaired) electrons. The Morgan fingerprint density at radius 2 is 1.80 bits per heavy atom. The topological polar surface area (TPSA) is 42.4 Å². The molecule has 1 aromatic heterocycles. The molecule has 0 atom stereocenters. The minimum absolute atomic E-state index is 0.0146. The van der Waals surface area contributed by atoms with Crippen LogP contribution in [0, 0.1) is 0 Å². The van der Waals surface area contributed by atoms with Crippen LogP contribution < -0.4 is 9.64 Å². The number of ether oxygens (including phenoxy) is 1. The van der Waals surface area contributed by atoms with Crippen LogP contribution in [0.15, 0.2) is 72.9 Å². The number of pyridine rings is 1. The van der Waals surface area contributed by atoms with Gasteiger partial charge in [0.05, 0.1) is 11.9 Å². The van der Waals surface area contributed by atoms with E-state index in [0.29, 0.717) is 12.3 Å². The van der Waals surface area contributed by atoms with Crippen LogP contribution >= 0.6 is 0 Å². The maximum atomic E-state index is 12.5. The summed E-state index contributed by atoms with van der Waals surface area (Å²) in [6.45, 7) is 0.730. The number of hydrogen-bond donors (Lipinski definition) is 0. The molecule has 0 bridgehead atoms. The Bertz CT molecular complexity index is 876. The molecule has 0 saturated carbocycles.